The molecule has 2 aromatic rings. The number of ether oxygens (including phenoxy) is 1. The van der Waals surface area contributed by atoms with Gasteiger partial charge in [-0.15, -0.1) is 0 Å². The summed E-state index contributed by atoms with van der Waals surface area (Å²) < 4.78 is 7.87. The Hall–Kier alpha value is -3.02. The topological polar surface area (TPSA) is 72.4 Å². The molecule has 2 aliphatic rings. The van der Waals surface area contributed by atoms with Crippen molar-refractivity contribution in [1.29, 1.82) is 0 Å². The molecule has 2 heterocycles. The first kappa shape index (κ1) is 17.4. The molecule has 1 aliphatic carbocycles. The Bertz CT molecular complexity index is 954. The van der Waals surface area contributed by atoms with Gasteiger partial charge in [-0.3, -0.25) is 9.59 Å². The molecular formula is C21H23N3O3. The predicted octanol–water partition coefficient (Wildman–Crippen LogP) is 3.81. The number of benzene rings is 1. The second-order valence-electron chi connectivity index (χ2n) is 7.21. The lowest BCUT2D eigenvalue weighted by atomic mass is 10.2. The van der Waals surface area contributed by atoms with Crippen molar-refractivity contribution in [2.45, 2.75) is 45.8 Å². The number of hydrogen-bond donors (Lipinski definition) is 2. The third kappa shape index (κ3) is 3.47. The molecule has 1 atom stereocenters. The van der Waals surface area contributed by atoms with Gasteiger partial charge in [-0.25, -0.2) is 0 Å². The highest BCUT2D eigenvalue weighted by Crippen LogP contribution is 2.38. The fourth-order valence-electron chi connectivity index (χ4n) is 3.50. The highest BCUT2D eigenvalue weighted by molar-refractivity contribution is 6.03. The highest BCUT2D eigenvalue weighted by Gasteiger charge is 2.26. The smallest absolute Gasteiger partial charge is 0.265 e. The molecule has 4 rings (SSSR count). The van der Waals surface area contributed by atoms with Gasteiger partial charge in [0.1, 0.15) is 5.75 Å². The van der Waals surface area contributed by atoms with E-state index < -0.39 is 6.10 Å². The van der Waals surface area contributed by atoms with Gasteiger partial charge in [0.05, 0.1) is 5.69 Å². The molecule has 1 aromatic heterocycles. The van der Waals surface area contributed by atoms with Crippen molar-refractivity contribution >= 4 is 29.3 Å². The van der Waals surface area contributed by atoms with Gasteiger partial charge in [0.15, 0.2) is 6.10 Å². The second kappa shape index (κ2) is 6.61. The fourth-order valence-corrected chi connectivity index (χ4v) is 3.50. The van der Waals surface area contributed by atoms with Gasteiger partial charge in [0.25, 0.3) is 5.91 Å². The molecule has 6 nitrogen and oxygen atoms in total. The number of fused-ring (bicyclic) bond motifs is 1. The van der Waals surface area contributed by atoms with Crippen LogP contribution in [0.1, 0.15) is 42.8 Å². The third-order valence-electron chi connectivity index (χ3n) is 5.03. The minimum Gasteiger partial charge on any atom is -0.479 e. The van der Waals surface area contributed by atoms with Crippen LogP contribution in [-0.2, 0) is 9.59 Å². The molecule has 6 heteroatoms. The average molecular weight is 365 g/mol. The summed E-state index contributed by atoms with van der Waals surface area (Å²) in [6, 6.07) is 7.94. The monoisotopic (exact) mass is 365 g/mol. The normalized spacial score (nSPS) is 18.8. The van der Waals surface area contributed by atoms with Gasteiger partial charge in [-0.05, 0) is 69.5 Å². The lowest BCUT2D eigenvalue weighted by Gasteiger charge is -2.23. The zero-order valence-electron chi connectivity index (χ0n) is 15.7. The van der Waals surface area contributed by atoms with E-state index in [0.717, 1.165) is 5.56 Å². The maximum absolute atomic E-state index is 12.3. The summed E-state index contributed by atoms with van der Waals surface area (Å²) in [7, 11) is 0. The first-order valence-electron chi connectivity index (χ1n) is 9.21. The van der Waals surface area contributed by atoms with Gasteiger partial charge < -0.3 is 19.9 Å². The Kier molecular flexibility index (Phi) is 4.26. The van der Waals surface area contributed by atoms with Gasteiger partial charge >= 0.3 is 0 Å². The molecule has 0 unspecified atom stereocenters. The van der Waals surface area contributed by atoms with E-state index in [1.165, 1.54) is 30.3 Å². The molecular weight excluding hydrogens is 342 g/mol. The van der Waals surface area contributed by atoms with Crippen molar-refractivity contribution in [3.8, 4) is 5.75 Å². The van der Waals surface area contributed by atoms with Crippen LogP contribution in [0.25, 0.3) is 6.08 Å². The highest BCUT2D eigenvalue weighted by atomic mass is 16.5. The van der Waals surface area contributed by atoms with Crippen LogP contribution in [0.4, 0.5) is 11.4 Å². The van der Waals surface area contributed by atoms with Crippen molar-refractivity contribution in [2.24, 2.45) is 0 Å². The van der Waals surface area contributed by atoms with E-state index in [-0.39, 0.29) is 11.8 Å². The van der Waals surface area contributed by atoms with Crippen LogP contribution in [-0.4, -0.2) is 22.5 Å². The van der Waals surface area contributed by atoms with E-state index in [1.807, 2.05) is 6.08 Å². The van der Waals surface area contributed by atoms with Crippen LogP contribution in [0, 0.1) is 13.8 Å². The fraction of sp³-hybridized carbons (Fsp3) is 0.333. The summed E-state index contributed by atoms with van der Waals surface area (Å²) in [6.07, 6.45) is 5.33. The molecule has 1 aliphatic heterocycles. The van der Waals surface area contributed by atoms with Gasteiger partial charge in [0.2, 0.25) is 5.91 Å². The van der Waals surface area contributed by atoms with Crippen LogP contribution in [0.2, 0.25) is 0 Å². The zero-order chi connectivity index (χ0) is 19.1. The molecule has 0 spiro atoms. The molecule has 0 bridgehead atoms. The van der Waals surface area contributed by atoms with E-state index in [4.69, 9.17) is 4.74 Å². The van der Waals surface area contributed by atoms with Crippen molar-refractivity contribution < 1.29 is 14.3 Å². The van der Waals surface area contributed by atoms with Gasteiger partial charge in [-0.1, -0.05) is 0 Å². The Labute approximate surface area is 158 Å². The van der Waals surface area contributed by atoms with E-state index in [0.29, 0.717) is 23.2 Å². The summed E-state index contributed by atoms with van der Waals surface area (Å²) in [5.74, 6) is 0.183. The maximum Gasteiger partial charge on any atom is 0.265 e. The largest absolute Gasteiger partial charge is 0.479 e. The molecule has 0 radical (unpaired) electrons. The number of amides is 2. The van der Waals surface area contributed by atoms with Crippen molar-refractivity contribution in [2.75, 3.05) is 10.6 Å². The first-order chi connectivity index (χ1) is 12.9. The lowest BCUT2D eigenvalue weighted by Crippen LogP contribution is -2.34. The van der Waals surface area contributed by atoms with Crippen LogP contribution in [0.3, 0.4) is 0 Å². The number of rotatable bonds is 4. The summed E-state index contributed by atoms with van der Waals surface area (Å²) in [5.41, 5.74) is 4.66. The first-order valence-corrected chi connectivity index (χ1v) is 9.21. The van der Waals surface area contributed by atoms with E-state index >= 15 is 0 Å². The number of nitrogens with zero attached hydrogens (tertiary/aromatic N) is 1. The summed E-state index contributed by atoms with van der Waals surface area (Å²) in [6.45, 7) is 5.89. The van der Waals surface area contributed by atoms with Crippen LogP contribution < -0.4 is 15.4 Å². The number of carbonyl (C=O) groups excluding carboxylic acids is 2. The van der Waals surface area contributed by atoms with Crippen LogP contribution in [0.5, 0.6) is 5.75 Å². The number of hydrogen-bond acceptors (Lipinski definition) is 3. The Morgan fingerprint density at radius 1 is 1.30 bits per heavy atom. The molecule has 1 saturated carbocycles. The quantitative estimate of drug-likeness (QED) is 0.809. The lowest BCUT2D eigenvalue weighted by molar-refractivity contribution is -0.122. The third-order valence-corrected chi connectivity index (χ3v) is 5.03. The standard InChI is InChI=1S/C21H23N3O3/c1-12-10-15(13(2)24(12)17-6-7-17)4-9-20(25)22-16-5-8-19-18(11-16)23-21(26)14(3)27-19/h4-5,8-11,14,17H,6-7H2,1-3H3,(H,22,25)(H,23,26)/b9-4+/t14-/m0/s1. The Balaban J connectivity index is 1.46. The molecule has 1 aromatic carbocycles. The molecule has 140 valence electrons. The second-order valence-corrected chi connectivity index (χ2v) is 7.21. The van der Waals surface area contributed by atoms with Crippen LogP contribution >= 0.6 is 0 Å². The SMILES string of the molecule is Cc1cc(/C=C/C(=O)Nc2ccc3c(c2)NC(=O)[C@H](C)O3)c(C)n1C1CC1. The maximum atomic E-state index is 12.3. The number of aromatic nitrogens is 1. The summed E-state index contributed by atoms with van der Waals surface area (Å²) >= 11 is 0. The van der Waals surface area contributed by atoms with E-state index in [1.54, 1.807) is 25.1 Å². The molecule has 1 fully saturated rings. The van der Waals surface area contributed by atoms with Gasteiger partial charge in [0, 0.05) is 29.2 Å². The number of carbonyl (C=O) groups is 2. The number of nitrogens with one attached hydrogen (secondary N) is 2. The number of aryl methyl sites for hydroxylation is 1. The molecule has 2 N–H and O–H groups in total. The molecule has 27 heavy (non-hydrogen) atoms. The molecule has 2 amide bonds. The Morgan fingerprint density at radius 2 is 2.07 bits per heavy atom. The predicted molar refractivity (Wildman–Crippen MR) is 105 cm³/mol. The number of anilines is 2. The average Bonchev–Trinajstić information content (AvgIpc) is 3.40. The van der Waals surface area contributed by atoms with Crippen molar-refractivity contribution in [1.82, 2.24) is 4.57 Å². The summed E-state index contributed by atoms with van der Waals surface area (Å²) in [4.78, 5) is 24.0. The zero-order valence-corrected chi connectivity index (χ0v) is 15.7. The Morgan fingerprint density at radius 3 is 2.81 bits per heavy atom. The van der Waals surface area contributed by atoms with Crippen molar-refractivity contribution in [3.63, 3.8) is 0 Å². The van der Waals surface area contributed by atoms with E-state index in [9.17, 15) is 9.59 Å². The minimum absolute atomic E-state index is 0.197. The van der Waals surface area contributed by atoms with Crippen molar-refractivity contribution in [3.05, 3.63) is 47.3 Å². The van der Waals surface area contributed by atoms with Gasteiger partial charge in [-0.2, -0.15) is 0 Å². The molecule has 0 saturated heterocycles. The van der Waals surface area contributed by atoms with Crippen LogP contribution in [0.15, 0.2) is 30.3 Å². The summed E-state index contributed by atoms with van der Waals surface area (Å²) in [5, 5.41) is 5.60. The minimum atomic E-state index is -0.518. The van der Waals surface area contributed by atoms with E-state index in [2.05, 4.69) is 35.1 Å².